The molecule has 0 heterocycles. The van der Waals surface area contributed by atoms with Crippen molar-refractivity contribution in [2.45, 2.75) is 65.2 Å². The van der Waals surface area contributed by atoms with Crippen molar-refractivity contribution in [2.75, 3.05) is 5.32 Å². The van der Waals surface area contributed by atoms with Crippen molar-refractivity contribution in [3.8, 4) is 0 Å². The molecule has 7 nitrogen and oxygen atoms in total. The molecule has 2 N–H and O–H groups in total. The van der Waals surface area contributed by atoms with Gasteiger partial charge in [-0.3, -0.25) is 4.79 Å². The molecule has 0 radical (unpaired) electrons. The standard InChI is InChI=1S/C21H30N2O5/c1-14(17(24)22-15-11-9-8-10-12-15)13-16(18(25)27-20(2,3)4)23-19(26)28-21(5,6)7/h8-12,16H,1,13H2,2-7H3,(H,22,24)(H,23,26)/t16-/m0/s1. The van der Waals surface area contributed by atoms with Crippen molar-refractivity contribution in [2.24, 2.45) is 0 Å². The smallest absolute Gasteiger partial charge is 0.408 e. The minimum absolute atomic E-state index is 0.118. The normalized spacial score (nSPS) is 12.5. The van der Waals surface area contributed by atoms with E-state index < -0.39 is 35.2 Å². The Bertz CT molecular complexity index is 715. The maximum absolute atomic E-state index is 12.5. The van der Waals surface area contributed by atoms with Crippen LogP contribution in [0.15, 0.2) is 42.5 Å². The monoisotopic (exact) mass is 390 g/mol. The SMILES string of the molecule is C=C(C[C@H](NC(=O)OC(C)(C)C)C(=O)OC(C)(C)C)C(=O)Nc1ccccc1. The van der Waals surface area contributed by atoms with Crippen LogP contribution >= 0.6 is 0 Å². The number of hydrogen-bond acceptors (Lipinski definition) is 5. The fourth-order valence-corrected chi connectivity index (χ4v) is 2.10. The molecule has 0 spiro atoms. The summed E-state index contributed by atoms with van der Waals surface area (Å²) >= 11 is 0. The average molecular weight is 390 g/mol. The van der Waals surface area contributed by atoms with Crippen LogP contribution in [0.4, 0.5) is 10.5 Å². The second-order valence-electron chi connectivity index (χ2n) is 8.36. The molecular formula is C21H30N2O5. The summed E-state index contributed by atoms with van der Waals surface area (Å²) < 4.78 is 10.5. The molecule has 0 aliphatic rings. The number of rotatable bonds is 6. The van der Waals surface area contributed by atoms with Crippen molar-refractivity contribution in [3.63, 3.8) is 0 Å². The highest BCUT2D eigenvalue weighted by atomic mass is 16.6. The minimum atomic E-state index is -1.11. The van der Waals surface area contributed by atoms with E-state index in [1.54, 1.807) is 65.8 Å². The van der Waals surface area contributed by atoms with Crippen LogP contribution in [-0.4, -0.2) is 35.2 Å². The van der Waals surface area contributed by atoms with E-state index in [9.17, 15) is 14.4 Å². The number of anilines is 1. The van der Waals surface area contributed by atoms with Crippen molar-refractivity contribution < 1.29 is 23.9 Å². The first-order chi connectivity index (χ1) is 12.8. The van der Waals surface area contributed by atoms with E-state index in [0.717, 1.165) is 0 Å². The largest absolute Gasteiger partial charge is 0.458 e. The van der Waals surface area contributed by atoms with Gasteiger partial charge in [0, 0.05) is 17.7 Å². The quantitative estimate of drug-likeness (QED) is 0.569. The van der Waals surface area contributed by atoms with Gasteiger partial charge in [0.15, 0.2) is 0 Å². The van der Waals surface area contributed by atoms with E-state index in [4.69, 9.17) is 9.47 Å². The van der Waals surface area contributed by atoms with Crippen LogP contribution in [0.1, 0.15) is 48.0 Å². The molecule has 0 aliphatic heterocycles. The predicted octanol–water partition coefficient (Wildman–Crippen LogP) is 3.81. The van der Waals surface area contributed by atoms with Gasteiger partial charge in [0.2, 0.25) is 0 Å². The summed E-state index contributed by atoms with van der Waals surface area (Å²) in [4.78, 5) is 37.0. The molecule has 0 saturated heterocycles. The molecule has 28 heavy (non-hydrogen) atoms. The Morgan fingerprint density at radius 2 is 1.50 bits per heavy atom. The Hall–Kier alpha value is -2.83. The molecule has 1 atom stereocenters. The molecule has 0 fully saturated rings. The number of benzene rings is 1. The van der Waals surface area contributed by atoms with Gasteiger partial charge in [-0.1, -0.05) is 24.8 Å². The zero-order valence-electron chi connectivity index (χ0n) is 17.4. The summed E-state index contributed by atoms with van der Waals surface area (Å²) in [6, 6.07) is 7.75. The third kappa shape index (κ3) is 9.21. The molecule has 0 aliphatic carbocycles. The first kappa shape index (κ1) is 23.2. The number of ether oxygens (including phenoxy) is 2. The van der Waals surface area contributed by atoms with Crippen LogP contribution in [0, 0.1) is 0 Å². The molecular weight excluding hydrogens is 360 g/mol. The van der Waals surface area contributed by atoms with Crippen LogP contribution in [0.25, 0.3) is 0 Å². The lowest BCUT2D eigenvalue weighted by molar-refractivity contribution is -0.157. The fraction of sp³-hybridized carbons (Fsp3) is 0.476. The molecule has 1 aromatic carbocycles. The molecule has 7 heteroatoms. The van der Waals surface area contributed by atoms with Gasteiger partial charge in [-0.25, -0.2) is 9.59 Å². The molecule has 154 valence electrons. The summed E-state index contributed by atoms with van der Waals surface area (Å²) in [6.45, 7) is 14.0. The fourth-order valence-electron chi connectivity index (χ4n) is 2.10. The molecule has 0 saturated carbocycles. The molecule has 0 aromatic heterocycles. The molecule has 0 unspecified atom stereocenters. The van der Waals surface area contributed by atoms with Crippen molar-refractivity contribution >= 4 is 23.7 Å². The Morgan fingerprint density at radius 1 is 0.964 bits per heavy atom. The Kier molecular flexibility index (Phi) is 7.78. The van der Waals surface area contributed by atoms with E-state index in [2.05, 4.69) is 17.2 Å². The zero-order chi connectivity index (χ0) is 21.5. The zero-order valence-corrected chi connectivity index (χ0v) is 17.4. The highest BCUT2D eigenvalue weighted by Crippen LogP contribution is 2.15. The summed E-state index contributed by atoms with van der Waals surface area (Å²) in [7, 11) is 0. The number of esters is 1. The molecule has 0 bridgehead atoms. The van der Waals surface area contributed by atoms with Crippen molar-refractivity contribution in [1.29, 1.82) is 0 Å². The van der Waals surface area contributed by atoms with Gasteiger partial charge in [0.25, 0.3) is 5.91 Å². The summed E-state index contributed by atoms with van der Waals surface area (Å²) in [5, 5.41) is 5.16. The Balaban J connectivity index is 2.85. The number of carbonyl (C=O) groups excluding carboxylic acids is 3. The first-order valence-corrected chi connectivity index (χ1v) is 9.03. The Labute approximate surface area is 166 Å². The van der Waals surface area contributed by atoms with Crippen LogP contribution in [0.5, 0.6) is 0 Å². The number of carbonyl (C=O) groups is 3. The topological polar surface area (TPSA) is 93.7 Å². The lowest BCUT2D eigenvalue weighted by Crippen LogP contribution is -2.46. The van der Waals surface area contributed by atoms with Crippen LogP contribution in [-0.2, 0) is 19.1 Å². The molecule has 2 amide bonds. The number of nitrogens with one attached hydrogen (secondary N) is 2. The van der Waals surface area contributed by atoms with Gasteiger partial charge < -0.3 is 20.1 Å². The van der Waals surface area contributed by atoms with Gasteiger partial charge in [-0.2, -0.15) is 0 Å². The van der Waals surface area contributed by atoms with Crippen LogP contribution < -0.4 is 10.6 Å². The van der Waals surface area contributed by atoms with Crippen molar-refractivity contribution in [3.05, 3.63) is 42.5 Å². The second-order valence-corrected chi connectivity index (χ2v) is 8.36. The highest BCUT2D eigenvalue weighted by molar-refractivity contribution is 6.03. The predicted molar refractivity (Wildman–Crippen MR) is 108 cm³/mol. The number of hydrogen-bond donors (Lipinski definition) is 2. The van der Waals surface area contributed by atoms with E-state index in [1.165, 1.54) is 0 Å². The third-order valence-corrected chi connectivity index (χ3v) is 3.19. The van der Waals surface area contributed by atoms with Crippen molar-refractivity contribution in [1.82, 2.24) is 5.32 Å². The van der Waals surface area contributed by atoms with E-state index in [-0.39, 0.29) is 12.0 Å². The molecule has 1 rings (SSSR count). The summed E-state index contributed by atoms with van der Waals surface area (Å²) in [5.74, 6) is -1.13. The van der Waals surface area contributed by atoms with Crippen LogP contribution in [0.3, 0.4) is 0 Å². The lowest BCUT2D eigenvalue weighted by atomic mass is 10.1. The maximum Gasteiger partial charge on any atom is 0.408 e. The minimum Gasteiger partial charge on any atom is -0.458 e. The Morgan fingerprint density at radius 3 is 2.00 bits per heavy atom. The number of para-hydroxylation sites is 1. The van der Waals surface area contributed by atoms with E-state index in [0.29, 0.717) is 5.69 Å². The lowest BCUT2D eigenvalue weighted by Gasteiger charge is -2.26. The van der Waals surface area contributed by atoms with Crippen LogP contribution in [0.2, 0.25) is 0 Å². The van der Waals surface area contributed by atoms with Gasteiger partial charge in [0.05, 0.1) is 0 Å². The highest BCUT2D eigenvalue weighted by Gasteiger charge is 2.30. The van der Waals surface area contributed by atoms with Gasteiger partial charge >= 0.3 is 12.1 Å². The first-order valence-electron chi connectivity index (χ1n) is 9.03. The third-order valence-electron chi connectivity index (χ3n) is 3.19. The maximum atomic E-state index is 12.5. The van der Waals surface area contributed by atoms with Gasteiger partial charge in [-0.05, 0) is 53.7 Å². The van der Waals surface area contributed by atoms with Gasteiger partial charge in [-0.15, -0.1) is 0 Å². The van der Waals surface area contributed by atoms with E-state index in [1.807, 2.05) is 6.07 Å². The van der Waals surface area contributed by atoms with E-state index >= 15 is 0 Å². The van der Waals surface area contributed by atoms with Gasteiger partial charge in [0.1, 0.15) is 17.2 Å². The number of amides is 2. The second kappa shape index (κ2) is 9.39. The number of alkyl carbamates (subject to hydrolysis) is 1. The molecule has 1 aromatic rings. The summed E-state index contributed by atoms with van der Waals surface area (Å²) in [6.07, 6.45) is -0.896. The average Bonchev–Trinajstić information content (AvgIpc) is 2.51. The summed E-state index contributed by atoms with van der Waals surface area (Å²) in [5.41, 5.74) is -0.763.